The molecule has 7 heteroatoms. The summed E-state index contributed by atoms with van der Waals surface area (Å²) < 4.78 is 4.49. The maximum absolute atomic E-state index is 11.6. The summed E-state index contributed by atoms with van der Waals surface area (Å²) in [5, 5.41) is 11.2. The van der Waals surface area contributed by atoms with Crippen molar-refractivity contribution in [2.75, 3.05) is 27.2 Å². The van der Waals surface area contributed by atoms with Gasteiger partial charge in [0.1, 0.15) is 0 Å². The molecule has 0 spiro atoms. The second-order valence-corrected chi connectivity index (χ2v) is 4.49. The molecule has 1 atom stereocenters. The van der Waals surface area contributed by atoms with E-state index in [0.29, 0.717) is 19.5 Å². The van der Waals surface area contributed by atoms with Crippen LogP contribution >= 0.6 is 0 Å². The number of amides is 2. The van der Waals surface area contributed by atoms with Crippen LogP contribution in [0.4, 0.5) is 4.79 Å². The molecular weight excluding hydrogens is 252 g/mol. The number of ether oxygens (including phenoxy) is 1. The zero-order valence-corrected chi connectivity index (χ0v) is 11.6. The molecule has 0 aromatic heterocycles. The van der Waals surface area contributed by atoms with E-state index in [1.54, 1.807) is 14.0 Å². The molecule has 19 heavy (non-hydrogen) atoms. The Labute approximate surface area is 112 Å². The summed E-state index contributed by atoms with van der Waals surface area (Å²) in [5.41, 5.74) is 0. The van der Waals surface area contributed by atoms with Crippen molar-refractivity contribution in [3.8, 4) is 0 Å². The van der Waals surface area contributed by atoms with Crippen LogP contribution in [0, 0.1) is 5.92 Å². The Morgan fingerprint density at radius 2 is 2.00 bits per heavy atom. The predicted octanol–water partition coefficient (Wildman–Crippen LogP) is 0.692. The zero-order chi connectivity index (χ0) is 14.8. The smallest absolute Gasteiger partial charge is 0.317 e. The van der Waals surface area contributed by atoms with Crippen molar-refractivity contribution in [3.05, 3.63) is 0 Å². The largest absolute Gasteiger partial charge is 0.481 e. The minimum absolute atomic E-state index is 0.0202. The first-order valence-electron chi connectivity index (χ1n) is 6.14. The number of carbonyl (C=O) groups is 3. The molecule has 0 aromatic carbocycles. The van der Waals surface area contributed by atoms with E-state index in [4.69, 9.17) is 5.11 Å². The van der Waals surface area contributed by atoms with E-state index in [9.17, 15) is 14.4 Å². The number of rotatable bonds is 8. The number of carboxylic acids is 1. The van der Waals surface area contributed by atoms with Crippen molar-refractivity contribution in [1.29, 1.82) is 0 Å². The fourth-order valence-electron chi connectivity index (χ4n) is 1.43. The monoisotopic (exact) mass is 274 g/mol. The van der Waals surface area contributed by atoms with Gasteiger partial charge in [-0.3, -0.25) is 9.59 Å². The van der Waals surface area contributed by atoms with Crippen molar-refractivity contribution in [3.63, 3.8) is 0 Å². The van der Waals surface area contributed by atoms with Gasteiger partial charge in [-0.15, -0.1) is 0 Å². The summed E-state index contributed by atoms with van der Waals surface area (Å²) in [6.07, 6.45) is 0.817. The van der Waals surface area contributed by atoms with Crippen LogP contribution in [-0.2, 0) is 14.3 Å². The fourth-order valence-corrected chi connectivity index (χ4v) is 1.43. The van der Waals surface area contributed by atoms with E-state index in [-0.39, 0.29) is 30.8 Å². The molecule has 0 rings (SSSR count). The second kappa shape index (κ2) is 9.18. The highest BCUT2D eigenvalue weighted by Crippen LogP contribution is 2.00. The number of hydrogen-bond acceptors (Lipinski definition) is 4. The summed E-state index contributed by atoms with van der Waals surface area (Å²) in [5.74, 6) is -1.30. The van der Waals surface area contributed by atoms with Gasteiger partial charge in [-0.1, -0.05) is 6.92 Å². The van der Waals surface area contributed by atoms with Crippen LogP contribution in [0.25, 0.3) is 0 Å². The third-order valence-electron chi connectivity index (χ3n) is 2.57. The number of hydrogen-bond donors (Lipinski definition) is 2. The molecule has 0 aliphatic rings. The van der Waals surface area contributed by atoms with Gasteiger partial charge in [-0.2, -0.15) is 0 Å². The Balaban J connectivity index is 3.81. The molecule has 0 aliphatic heterocycles. The normalized spacial score (nSPS) is 11.5. The van der Waals surface area contributed by atoms with E-state index in [2.05, 4.69) is 10.1 Å². The molecular formula is C12H22N2O5. The van der Waals surface area contributed by atoms with Crippen molar-refractivity contribution in [2.24, 2.45) is 5.92 Å². The van der Waals surface area contributed by atoms with Gasteiger partial charge >= 0.3 is 18.0 Å². The number of urea groups is 1. The van der Waals surface area contributed by atoms with Crippen LogP contribution in [0.3, 0.4) is 0 Å². The summed E-state index contributed by atoms with van der Waals surface area (Å²) in [4.78, 5) is 34.4. The second-order valence-electron chi connectivity index (χ2n) is 4.49. The van der Waals surface area contributed by atoms with Gasteiger partial charge in [-0.25, -0.2) is 4.79 Å². The van der Waals surface area contributed by atoms with Gasteiger partial charge < -0.3 is 20.1 Å². The van der Waals surface area contributed by atoms with Crippen LogP contribution in [0.1, 0.15) is 26.2 Å². The molecule has 0 aliphatic carbocycles. The van der Waals surface area contributed by atoms with Gasteiger partial charge in [-0.05, 0) is 12.3 Å². The number of nitrogens with zero attached hydrogens (tertiary/aromatic N) is 1. The Kier molecular flexibility index (Phi) is 8.32. The molecule has 0 heterocycles. The molecule has 2 amide bonds. The Hall–Kier alpha value is -1.79. The molecule has 110 valence electrons. The summed E-state index contributed by atoms with van der Waals surface area (Å²) in [6, 6.07) is -0.276. The Bertz CT molecular complexity index is 319. The van der Waals surface area contributed by atoms with Gasteiger partial charge in [0.2, 0.25) is 0 Å². The molecule has 0 radical (unpaired) electrons. The predicted molar refractivity (Wildman–Crippen MR) is 68.7 cm³/mol. The van der Waals surface area contributed by atoms with Crippen LogP contribution < -0.4 is 5.32 Å². The van der Waals surface area contributed by atoms with E-state index in [1.165, 1.54) is 12.0 Å². The number of esters is 1. The van der Waals surface area contributed by atoms with Gasteiger partial charge in [0.15, 0.2) is 0 Å². The van der Waals surface area contributed by atoms with Crippen molar-refractivity contribution < 1.29 is 24.2 Å². The maximum Gasteiger partial charge on any atom is 0.317 e. The molecule has 1 unspecified atom stereocenters. The number of methoxy groups -OCH3 is 1. The van der Waals surface area contributed by atoms with Crippen LogP contribution in [0.2, 0.25) is 0 Å². The highest BCUT2D eigenvalue weighted by atomic mass is 16.5. The number of nitrogens with one attached hydrogen (secondary N) is 1. The molecule has 7 nitrogen and oxygen atoms in total. The van der Waals surface area contributed by atoms with Crippen molar-refractivity contribution in [1.82, 2.24) is 10.2 Å². The Morgan fingerprint density at radius 1 is 1.37 bits per heavy atom. The lowest BCUT2D eigenvalue weighted by molar-refractivity contribution is -0.141. The molecule has 0 saturated carbocycles. The fraction of sp³-hybridized carbons (Fsp3) is 0.750. The lowest BCUT2D eigenvalue weighted by atomic mass is 10.1. The topological polar surface area (TPSA) is 95.9 Å². The Morgan fingerprint density at radius 3 is 2.53 bits per heavy atom. The van der Waals surface area contributed by atoms with Gasteiger partial charge in [0, 0.05) is 33.0 Å². The third-order valence-corrected chi connectivity index (χ3v) is 2.57. The SMILES string of the molecule is COC(=O)CCCN(C)C(=O)NCC(C)CC(=O)O. The van der Waals surface area contributed by atoms with Gasteiger partial charge in [0.05, 0.1) is 7.11 Å². The van der Waals surface area contributed by atoms with E-state index >= 15 is 0 Å². The minimum Gasteiger partial charge on any atom is -0.481 e. The molecule has 2 N–H and O–H groups in total. The highest BCUT2D eigenvalue weighted by molar-refractivity contribution is 5.74. The lowest BCUT2D eigenvalue weighted by Crippen LogP contribution is -2.40. The molecule has 0 bridgehead atoms. The van der Waals surface area contributed by atoms with Crippen molar-refractivity contribution >= 4 is 18.0 Å². The van der Waals surface area contributed by atoms with Crippen LogP contribution in [0.15, 0.2) is 0 Å². The zero-order valence-electron chi connectivity index (χ0n) is 11.6. The quantitative estimate of drug-likeness (QED) is 0.635. The van der Waals surface area contributed by atoms with Crippen molar-refractivity contribution in [2.45, 2.75) is 26.2 Å². The molecule has 0 saturated heterocycles. The molecule has 0 aromatic rings. The lowest BCUT2D eigenvalue weighted by Gasteiger charge is -2.19. The average molecular weight is 274 g/mol. The number of carboxylic acid groups (broad SMARTS) is 1. The third kappa shape index (κ3) is 8.87. The summed E-state index contributed by atoms with van der Waals surface area (Å²) in [7, 11) is 2.94. The van der Waals surface area contributed by atoms with E-state index < -0.39 is 5.97 Å². The summed E-state index contributed by atoms with van der Waals surface area (Å²) >= 11 is 0. The average Bonchev–Trinajstić information content (AvgIpc) is 2.34. The highest BCUT2D eigenvalue weighted by Gasteiger charge is 2.12. The summed E-state index contributed by atoms with van der Waals surface area (Å²) in [6.45, 7) is 2.51. The number of aliphatic carboxylic acids is 1. The standard InChI is InChI=1S/C12H22N2O5/c1-9(7-10(15)16)8-13-12(18)14(2)6-4-5-11(17)19-3/h9H,4-8H2,1-3H3,(H,13,18)(H,15,16). The van der Waals surface area contributed by atoms with Crippen LogP contribution in [-0.4, -0.2) is 55.2 Å². The first kappa shape index (κ1) is 17.2. The first-order chi connectivity index (χ1) is 8.86. The minimum atomic E-state index is -0.881. The first-order valence-corrected chi connectivity index (χ1v) is 6.14. The molecule has 0 fully saturated rings. The number of carbonyl (C=O) groups excluding carboxylic acids is 2. The van der Waals surface area contributed by atoms with E-state index in [1.807, 2.05) is 0 Å². The van der Waals surface area contributed by atoms with Gasteiger partial charge in [0.25, 0.3) is 0 Å². The van der Waals surface area contributed by atoms with Crippen LogP contribution in [0.5, 0.6) is 0 Å². The van der Waals surface area contributed by atoms with E-state index in [0.717, 1.165) is 0 Å². The maximum atomic E-state index is 11.6.